The van der Waals surface area contributed by atoms with E-state index in [4.69, 9.17) is 5.73 Å². The number of aliphatic imine (C=N–C) groups is 1. The summed E-state index contributed by atoms with van der Waals surface area (Å²) in [7, 11) is 1.86. The fourth-order valence-corrected chi connectivity index (χ4v) is 1.80. The average molecular weight is 254 g/mol. The van der Waals surface area contributed by atoms with Gasteiger partial charge in [0.1, 0.15) is 5.82 Å². The van der Waals surface area contributed by atoms with Gasteiger partial charge in [-0.2, -0.15) is 0 Å². The van der Waals surface area contributed by atoms with Crippen molar-refractivity contribution in [3.63, 3.8) is 0 Å². The highest BCUT2D eigenvalue weighted by Gasteiger charge is 2.00. The second-order valence-electron chi connectivity index (χ2n) is 4.46. The average Bonchev–Trinajstić information content (AvgIpc) is 2.43. The number of hydrogen-bond donors (Lipinski definition) is 2. The van der Waals surface area contributed by atoms with Crippen molar-refractivity contribution in [1.82, 2.24) is 4.98 Å². The van der Waals surface area contributed by atoms with Crippen LogP contribution in [0.2, 0.25) is 0 Å². The summed E-state index contributed by atoms with van der Waals surface area (Å²) in [4.78, 5) is 8.42. The molecule has 0 unspecified atom stereocenters. The van der Waals surface area contributed by atoms with Gasteiger partial charge in [-0.25, -0.2) is 9.98 Å². The Balaban J connectivity index is 2.45. The fraction of sp³-hybridized carbons (Fsp3) is 0.200. The van der Waals surface area contributed by atoms with Crippen LogP contribution < -0.4 is 11.1 Å². The minimum absolute atomic E-state index is 0.557. The van der Waals surface area contributed by atoms with Gasteiger partial charge >= 0.3 is 0 Å². The summed E-state index contributed by atoms with van der Waals surface area (Å²) in [6.45, 7) is 3.79. The maximum absolute atomic E-state index is 5.54. The van der Waals surface area contributed by atoms with E-state index in [-0.39, 0.29) is 0 Å². The summed E-state index contributed by atoms with van der Waals surface area (Å²) in [5.74, 6) is 1.42. The summed E-state index contributed by atoms with van der Waals surface area (Å²) in [6, 6.07) is 8.29. The number of amidine groups is 1. The van der Waals surface area contributed by atoms with Gasteiger partial charge in [0, 0.05) is 24.8 Å². The number of pyridine rings is 1. The molecule has 0 saturated heterocycles. The number of benzene rings is 1. The second kappa shape index (κ2) is 5.52. The zero-order chi connectivity index (χ0) is 13.8. The molecule has 0 aliphatic heterocycles. The van der Waals surface area contributed by atoms with Gasteiger partial charge in [0.15, 0.2) is 0 Å². The zero-order valence-corrected chi connectivity index (χ0v) is 11.4. The maximum Gasteiger partial charge on any atom is 0.126 e. The van der Waals surface area contributed by atoms with E-state index < -0.39 is 0 Å². The van der Waals surface area contributed by atoms with Crippen LogP contribution in [0.3, 0.4) is 0 Å². The topological polar surface area (TPSA) is 63.3 Å². The van der Waals surface area contributed by atoms with E-state index in [9.17, 15) is 0 Å². The molecule has 1 heterocycles. The Hall–Kier alpha value is -2.36. The Morgan fingerprint density at radius 3 is 2.74 bits per heavy atom. The number of anilines is 1. The Morgan fingerprint density at radius 1 is 1.26 bits per heavy atom. The summed E-state index contributed by atoms with van der Waals surface area (Å²) >= 11 is 0. The van der Waals surface area contributed by atoms with Gasteiger partial charge in [0.2, 0.25) is 0 Å². The third kappa shape index (κ3) is 3.10. The highest BCUT2D eigenvalue weighted by molar-refractivity contribution is 5.87. The third-order valence-electron chi connectivity index (χ3n) is 2.90. The van der Waals surface area contributed by atoms with Crippen LogP contribution in [-0.2, 0) is 0 Å². The second-order valence-corrected chi connectivity index (χ2v) is 4.46. The van der Waals surface area contributed by atoms with Gasteiger partial charge in [-0.15, -0.1) is 0 Å². The molecule has 4 nitrogen and oxygen atoms in total. The first-order chi connectivity index (χ1) is 9.10. The molecule has 3 N–H and O–H groups in total. The van der Waals surface area contributed by atoms with E-state index in [0.717, 1.165) is 27.7 Å². The van der Waals surface area contributed by atoms with Crippen LogP contribution in [0.15, 0.2) is 41.7 Å². The van der Waals surface area contributed by atoms with Crippen LogP contribution in [0.1, 0.15) is 19.4 Å². The van der Waals surface area contributed by atoms with Crippen LogP contribution in [0, 0.1) is 0 Å². The van der Waals surface area contributed by atoms with Crippen molar-refractivity contribution in [1.29, 1.82) is 0 Å². The lowest BCUT2D eigenvalue weighted by atomic mass is 10.0. The molecule has 2 rings (SSSR count). The van der Waals surface area contributed by atoms with E-state index in [1.165, 1.54) is 0 Å². The quantitative estimate of drug-likeness (QED) is 0.653. The molecule has 0 fully saturated rings. The number of nitrogens with two attached hydrogens (primary N) is 1. The molecular formula is C15H18N4. The molecular weight excluding hydrogens is 236 g/mol. The van der Waals surface area contributed by atoms with Crippen LogP contribution in [-0.4, -0.2) is 17.9 Å². The summed E-state index contributed by atoms with van der Waals surface area (Å²) < 4.78 is 0. The van der Waals surface area contributed by atoms with Crippen molar-refractivity contribution in [3.8, 4) is 0 Å². The Kier molecular flexibility index (Phi) is 3.80. The van der Waals surface area contributed by atoms with Gasteiger partial charge in [0.05, 0.1) is 5.84 Å². The van der Waals surface area contributed by atoms with Gasteiger partial charge in [-0.1, -0.05) is 12.1 Å². The summed E-state index contributed by atoms with van der Waals surface area (Å²) in [5, 5.41) is 5.31. The number of nitrogens with one attached hydrogen (secondary N) is 1. The van der Waals surface area contributed by atoms with E-state index in [1.54, 1.807) is 13.1 Å². The van der Waals surface area contributed by atoms with Gasteiger partial charge in [-0.05, 0) is 42.5 Å². The summed E-state index contributed by atoms with van der Waals surface area (Å²) in [5.41, 5.74) is 7.74. The number of aromatic nitrogens is 1. The molecule has 0 aliphatic carbocycles. The fourth-order valence-electron chi connectivity index (χ4n) is 1.80. The van der Waals surface area contributed by atoms with Gasteiger partial charge in [0.25, 0.3) is 0 Å². The van der Waals surface area contributed by atoms with Crippen molar-refractivity contribution in [2.45, 2.75) is 13.8 Å². The normalized spacial score (nSPS) is 12.8. The van der Waals surface area contributed by atoms with Crippen LogP contribution in [0.25, 0.3) is 16.3 Å². The van der Waals surface area contributed by atoms with Crippen molar-refractivity contribution >= 4 is 28.0 Å². The Labute approximate surface area is 113 Å². The molecule has 0 atom stereocenters. The molecule has 0 spiro atoms. The highest BCUT2D eigenvalue weighted by Crippen LogP contribution is 2.22. The molecule has 1 aromatic heterocycles. The lowest BCUT2D eigenvalue weighted by Gasteiger charge is -2.05. The molecule has 4 heteroatoms. The van der Waals surface area contributed by atoms with Crippen LogP contribution in [0.5, 0.6) is 0 Å². The molecule has 0 saturated carbocycles. The van der Waals surface area contributed by atoms with Gasteiger partial charge < -0.3 is 11.1 Å². The van der Waals surface area contributed by atoms with Crippen molar-refractivity contribution < 1.29 is 0 Å². The Morgan fingerprint density at radius 2 is 2.05 bits per heavy atom. The first-order valence-corrected chi connectivity index (χ1v) is 6.15. The Bertz CT molecular complexity index is 652. The molecule has 0 bridgehead atoms. The first kappa shape index (κ1) is 13.1. The van der Waals surface area contributed by atoms with Gasteiger partial charge in [-0.3, -0.25) is 0 Å². The molecule has 0 radical (unpaired) electrons. The van der Waals surface area contributed by atoms with E-state index in [1.807, 2.05) is 26.2 Å². The zero-order valence-electron chi connectivity index (χ0n) is 11.4. The minimum Gasteiger partial charge on any atom is -0.387 e. The smallest absolute Gasteiger partial charge is 0.126 e. The third-order valence-corrected chi connectivity index (χ3v) is 2.90. The van der Waals surface area contributed by atoms with E-state index in [2.05, 4.69) is 33.5 Å². The van der Waals surface area contributed by atoms with Crippen molar-refractivity contribution in [2.75, 3.05) is 12.4 Å². The van der Waals surface area contributed by atoms with Crippen molar-refractivity contribution in [3.05, 3.63) is 42.2 Å². The van der Waals surface area contributed by atoms with Crippen molar-refractivity contribution in [2.24, 2.45) is 10.7 Å². The molecule has 0 aliphatic rings. The number of nitrogens with zero attached hydrogens (tertiary/aromatic N) is 2. The number of hydrogen-bond acceptors (Lipinski definition) is 3. The van der Waals surface area contributed by atoms with Crippen LogP contribution in [0.4, 0.5) is 5.82 Å². The van der Waals surface area contributed by atoms with E-state index in [0.29, 0.717) is 5.84 Å². The largest absolute Gasteiger partial charge is 0.387 e. The highest BCUT2D eigenvalue weighted by atomic mass is 14.9. The lowest BCUT2D eigenvalue weighted by Crippen LogP contribution is -2.03. The van der Waals surface area contributed by atoms with Crippen LogP contribution >= 0.6 is 0 Å². The first-order valence-electron chi connectivity index (χ1n) is 6.15. The summed E-state index contributed by atoms with van der Waals surface area (Å²) in [6.07, 6.45) is 3.66. The lowest BCUT2D eigenvalue weighted by molar-refractivity contribution is 1.31. The minimum atomic E-state index is 0.557. The standard InChI is InChI=1S/C15H18N4/c1-10(8-18-11(2)16)12-4-5-13-9-19-15(17-3)7-14(13)6-12/h4-9H,1-3H3,(H2,16,18)(H,17,19)/b10-8+. The predicted molar refractivity (Wildman–Crippen MR) is 82.2 cm³/mol. The van der Waals surface area contributed by atoms with E-state index >= 15 is 0 Å². The predicted octanol–water partition coefficient (Wildman–Crippen LogP) is 3.01. The number of rotatable bonds is 3. The molecule has 98 valence electrons. The molecule has 0 amide bonds. The SMILES string of the molecule is CNc1cc2cc(/C(C)=C/N=C(\C)N)ccc2cn1. The monoisotopic (exact) mass is 254 g/mol. The number of allylic oxidation sites excluding steroid dienone is 1. The molecule has 1 aromatic carbocycles. The molecule has 2 aromatic rings. The number of fused-ring (bicyclic) bond motifs is 1. The maximum atomic E-state index is 5.54. The molecule has 19 heavy (non-hydrogen) atoms.